The summed E-state index contributed by atoms with van der Waals surface area (Å²) in [5.41, 5.74) is 0. The summed E-state index contributed by atoms with van der Waals surface area (Å²) in [5.74, 6) is -0.0733. The van der Waals surface area contributed by atoms with Crippen molar-refractivity contribution >= 4 is 5.91 Å². The first kappa shape index (κ1) is 43.1. The lowest BCUT2D eigenvalue weighted by Gasteiger charge is -2.20. The number of carbonyl (C=O) groups is 1. The number of rotatable bonds is 33. The number of carbonyl (C=O) groups excluding carboxylic acids is 1. The van der Waals surface area contributed by atoms with Crippen LogP contribution in [0.25, 0.3) is 0 Å². The predicted octanol–water partition coefficient (Wildman–Crippen LogP) is 11.4. The normalized spacial score (nSPS) is 13.8. The summed E-state index contributed by atoms with van der Waals surface area (Å²) in [7, 11) is 0. The van der Waals surface area contributed by atoms with Crippen molar-refractivity contribution in [3.05, 3.63) is 60.8 Å². The third-order valence-corrected chi connectivity index (χ3v) is 8.26. The predicted molar refractivity (Wildman–Crippen MR) is 197 cm³/mol. The van der Waals surface area contributed by atoms with Gasteiger partial charge in [0.2, 0.25) is 5.91 Å². The molecule has 0 aliphatic rings. The molecular weight excluding hydrogens is 554 g/mol. The van der Waals surface area contributed by atoms with Crippen LogP contribution in [-0.2, 0) is 4.79 Å². The number of nitrogens with one attached hydrogen (secondary N) is 1. The van der Waals surface area contributed by atoms with E-state index < -0.39 is 12.1 Å². The molecule has 0 aliphatic heterocycles. The lowest BCUT2D eigenvalue weighted by molar-refractivity contribution is -0.123. The third-order valence-electron chi connectivity index (χ3n) is 8.26. The minimum Gasteiger partial charge on any atom is -0.394 e. The smallest absolute Gasteiger partial charge is 0.220 e. The Balaban J connectivity index is 3.54. The molecule has 0 saturated heterocycles. The van der Waals surface area contributed by atoms with Gasteiger partial charge in [0.05, 0.1) is 18.8 Å². The fourth-order valence-corrected chi connectivity index (χ4v) is 5.34. The van der Waals surface area contributed by atoms with Crippen LogP contribution in [0.15, 0.2) is 60.8 Å². The Morgan fingerprint density at radius 2 is 0.978 bits per heavy atom. The maximum atomic E-state index is 12.3. The van der Waals surface area contributed by atoms with E-state index in [0.29, 0.717) is 6.42 Å². The molecule has 0 saturated carbocycles. The summed E-state index contributed by atoms with van der Waals surface area (Å²) >= 11 is 0. The van der Waals surface area contributed by atoms with Crippen LogP contribution >= 0.6 is 0 Å². The molecule has 0 spiro atoms. The van der Waals surface area contributed by atoms with E-state index in [-0.39, 0.29) is 12.5 Å². The molecule has 0 heterocycles. The molecule has 0 fully saturated rings. The third kappa shape index (κ3) is 33.3. The Hall–Kier alpha value is -1.91. The Kier molecular flexibility index (Phi) is 35.0. The van der Waals surface area contributed by atoms with Crippen LogP contribution in [0.3, 0.4) is 0 Å². The molecule has 0 aromatic rings. The molecule has 1 amide bonds. The van der Waals surface area contributed by atoms with Crippen molar-refractivity contribution in [2.75, 3.05) is 6.61 Å². The van der Waals surface area contributed by atoms with Gasteiger partial charge in [-0.15, -0.1) is 0 Å². The van der Waals surface area contributed by atoms with Crippen molar-refractivity contribution in [3.63, 3.8) is 0 Å². The molecule has 0 radical (unpaired) electrons. The standard InChI is InChI=1S/C41H73NO3/c1-3-5-7-9-11-13-14-15-16-17-18-19-20-21-22-23-24-25-26-27-28-29-31-33-35-37-41(45)42-39(38-43)40(44)36-34-32-30-12-10-8-6-4-2/h5,7,11,13,15-16,18-19,34,36,39-40,43-44H,3-4,6,8-10,12,14,17,20-33,35,37-38H2,1-2H3,(H,42,45)/b7-5-,13-11-,16-15-,19-18-,36-34+. The highest BCUT2D eigenvalue weighted by Gasteiger charge is 2.17. The van der Waals surface area contributed by atoms with Gasteiger partial charge in [-0.05, 0) is 57.8 Å². The number of allylic oxidation sites excluding steroid dienone is 9. The van der Waals surface area contributed by atoms with Crippen molar-refractivity contribution in [2.45, 2.75) is 187 Å². The summed E-state index contributed by atoms with van der Waals surface area (Å²) < 4.78 is 0. The molecular formula is C41H73NO3. The van der Waals surface area contributed by atoms with Crippen molar-refractivity contribution in [1.82, 2.24) is 5.32 Å². The van der Waals surface area contributed by atoms with Gasteiger partial charge in [0.25, 0.3) is 0 Å². The molecule has 0 aliphatic carbocycles. The summed E-state index contributed by atoms with van der Waals surface area (Å²) in [6.45, 7) is 4.14. The minimum atomic E-state index is -0.838. The number of aliphatic hydroxyl groups excluding tert-OH is 2. The SMILES string of the molecule is CC/C=C\C/C=C\C/C=C\C/C=C\CCCCCCCCCCCCCCC(=O)NC(CO)C(O)/C=C/CCCCCCCC. The Labute approximate surface area is 279 Å². The number of amides is 1. The van der Waals surface area contributed by atoms with E-state index in [1.54, 1.807) is 6.08 Å². The Morgan fingerprint density at radius 1 is 0.556 bits per heavy atom. The van der Waals surface area contributed by atoms with Crippen LogP contribution in [0.1, 0.15) is 174 Å². The van der Waals surface area contributed by atoms with Crippen molar-refractivity contribution in [2.24, 2.45) is 0 Å². The Morgan fingerprint density at radius 3 is 1.47 bits per heavy atom. The van der Waals surface area contributed by atoms with Gasteiger partial charge in [0.1, 0.15) is 0 Å². The maximum Gasteiger partial charge on any atom is 0.220 e. The van der Waals surface area contributed by atoms with E-state index in [9.17, 15) is 15.0 Å². The van der Waals surface area contributed by atoms with Crippen LogP contribution in [-0.4, -0.2) is 34.9 Å². The van der Waals surface area contributed by atoms with Gasteiger partial charge in [-0.3, -0.25) is 4.79 Å². The summed E-state index contributed by atoms with van der Waals surface area (Å²) in [6.07, 6.45) is 50.3. The molecule has 0 bridgehead atoms. The van der Waals surface area contributed by atoms with Crippen LogP contribution in [0.4, 0.5) is 0 Å². The molecule has 2 unspecified atom stereocenters. The van der Waals surface area contributed by atoms with E-state index in [1.165, 1.54) is 103 Å². The largest absolute Gasteiger partial charge is 0.394 e. The van der Waals surface area contributed by atoms with Crippen LogP contribution in [0, 0.1) is 0 Å². The Bertz CT molecular complexity index is 767. The lowest BCUT2D eigenvalue weighted by atomic mass is 10.0. The van der Waals surface area contributed by atoms with Crippen LogP contribution < -0.4 is 5.32 Å². The molecule has 45 heavy (non-hydrogen) atoms. The number of aliphatic hydroxyl groups is 2. The van der Waals surface area contributed by atoms with Crippen molar-refractivity contribution in [1.29, 1.82) is 0 Å². The molecule has 0 rings (SSSR count). The lowest BCUT2D eigenvalue weighted by Crippen LogP contribution is -2.45. The quantitative estimate of drug-likeness (QED) is 0.0501. The molecule has 260 valence electrons. The molecule has 4 heteroatoms. The van der Waals surface area contributed by atoms with E-state index in [2.05, 4.69) is 67.8 Å². The van der Waals surface area contributed by atoms with Gasteiger partial charge < -0.3 is 15.5 Å². The molecule has 0 aromatic carbocycles. The van der Waals surface area contributed by atoms with E-state index >= 15 is 0 Å². The molecule has 0 aromatic heterocycles. The van der Waals surface area contributed by atoms with Gasteiger partial charge in [-0.25, -0.2) is 0 Å². The zero-order valence-corrected chi connectivity index (χ0v) is 29.6. The molecule has 3 N–H and O–H groups in total. The van der Waals surface area contributed by atoms with Crippen molar-refractivity contribution < 1.29 is 15.0 Å². The monoisotopic (exact) mass is 628 g/mol. The number of unbranched alkanes of at least 4 members (excludes halogenated alkanes) is 18. The second kappa shape index (κ2) is 36.6. The first-order valence-electron chi connectivity index (χ1n) is 19.0. The highest BCUT2D eigenvalue weighted by atomic mass is 16.3. The van der Waals surface area contributed by atoms with E-state index in [0.717, 1.165) is 51.4 Å². The topological polar surface area (TPSA) is 69.6 Å². The average molecular weight is 628 g/mol. The molecule has 4 nitrogen and oxygen atoms in total. The summed E-state index contributed by atoms with van der Waals surface area (Å²) in [5, 5.41) is 22.8. The van der Waals surface area contributed by atoms with Gasteiger partial charge in [-0.2, -0.15) is 0 Å². The first-order chi connectivity index (χ1) is 22.2. The number of hydrogen-bond donors (Lipinski definition) is 3. The zero-order chi connectivity index (χ0) is 32.9. The van der Waals surface area contributed by atoms with Gasteiger partial charge >= 0.3 is 0 Å². The zero-order valence-electron chi connectivity index (χ0n) is 29.6. The average Bonchev–Trinajstić information content (AvgIpc) is 3.04. The maximum absolute atomic E-state index is 12.3. The second-order valence-electron chi connectivity index (χ2n) is 12.6. The summed E-state index contributed by atoms with van der Waals surface area (Å²) in [4.78, 5) is 12.3. The van der Waals surface area contributed by atoms with Gasteiger partial charge in [0.15, 0.2) is 0 Å². The van der Waals surface area contributed by atoms with Gasteiger partial charge in [0, 0.05) is 6.42 Å². The fourth-order valence-electron chi connectivity index (χ4n) is 5.34. The number of hydrogen-bond acceptors (Lipinski definition) is 3. The summed E-state index contributed by atoms with van der Waals surface area (Å²) in [6, 6.07) is -0.621. The first-order valence-corrected chi connectivity index (χ1v) is 19.0. The second-order valence-corrected chi connectivity index (χ2v) is 12.6. The van der Waals surface area contributed by atoms with Gasteiger partial charge in [-0.1, -0.05) is 171 Å². The molecule has 2 atom stereocenters. The van der Waals surface area contributed by atoms with Crippen LogP contribution in [0.2, 0.25) is 0 Å². The highest BCUT2D eigenvalue weighted by molar-refractivity contribution is 5.76. The van der Waals surface area contributed by atoms with Crippen LogP contribution in [0.5, 0.6) is 0 Å². The highest BCUT2D eigenvalue weighted by Crippen LogP contribution is 2.13. The minimum absolute atomic E-state index is 0.0733. The van der Waals surface area contributed by atoms with Crippen molar-refractivity contribution in [3.8, 4) is 0 Å². The van der Waals surface area contributed by atoms with E-state index in [1.807, 2.05) is 6.08 Å². The fraction of sp³-hybridized carbons (Fsp3) is 0.732. The van der Waals surface area contributed by atoms with E-state index in [4.69, 9.17) is 0 Å².